The number of hydrogen-bond donors (Lipinski definition) is 2. The molecule has 1 amide bonds. The van der Waals surface area contributed by atoms with E-state index in [4.69, 9.17) is 0 Å². The third-order valence-corrected chi connectivity index (χ3v) is 3.14. The Labute approximate surface area is 150 Å². The lowest BCUT2D eigenvalue weighted by atomic mass is 10.1. The minimum Gasteiger partial charge on any atom is -0.357 e. The fourth-order valence-electron chi connectivity index (χ4n) is 1.80. The maximum atomic E-state index is 11.5. The van der Waals surface area contributed by atoms with E-state index in [0.29, 0.717) is 19.5 Å². The van der Waals surface area contributed by atoms with Crippen LogP contribution in [0, 0.1) is 6.92 Å². The first kappa shape index (κ1) is 20.7. The van der Waals surface area contributed by atoms with E-state index in [1.807, 2.05) is 19.1 Å². The van der Waals surface area contributed by atoms with E-state index in [1.54, 1.807) is 19.0 Å². The van der Waals surface area contributed by atoms with Crippen molar-refractivity contribution in [1.29, 1.82) is 0 Å². The van der Waals surface area contributed by atoms with Gasteiger partial charge in [0.2, 0.25) is 5.91 Å². The maximum absolute atomic E-state index is 11.5. The first-order valence-electron chi connectivity index (χ1n) is 7.31. The van der Waals surface area contributed by atoms with Crippen LogP contribution in [0.25, 0.3) is 0 Å². The zero-order valence-electron chi connectivity index (χ0n) is 13.8. The van der Waals surface area contributed by atoms with Crippen LogP contribution in [-0.4, -0.2) is 44.0 Å². The standard InChI is InChI=1S/C16H26N4O.HI/c1-5-17-16(18-11-10-15(21)20(3)4)19-12-14-9-7-6-8-13(14)2;/h6-9H,5,10-12H2,1-4H3,(H2,17,18,19);1H. The lowest BCUT2D eigenvalue weighted by Gasteiger charge is -2.13. The fourth-order valence-corrected chi connectivity index (χ4v) is 1.80. The summed E-state index contributed by atoms with van der Waals surface area (Å²) >= 11 is 0. The second-order valence-corrected chi connectivity index (χ2v) is 5.09. The van der Waals surface area contributed by atoms with Gasteiger partial charge in [-0.2, -0.15) is 0 Å². The lowest BCUT2D eigenvalue weighted by Crippen LogP contribution is -2.39. The molecule has 0 radical (unpaired) electrons. The number of hydrogen-bond acceptors (Lipinski definition) is 2. The predicted octanol–water partition coefficient (Wildman–Crippen LogP) is 2.15. The van der Waals surface area contributed by atoms with Gasteiger partial charge in [0.05, 0.1) is 6.54 Å². The SMILES string of the molecule is CCNC(=NCc1ccccc1C)NCCC(=O)N(C)C.I. The number of carbonyl (C=O) groups excluding carboxylic acids is 1. The average Bonchev–Trinajstić information content (AvgIpc) is 2.45. The predicted molar refractivity (Wildman–Crippen MR) is 103 cm³/mol. The number of aryl methyl sites for hydroxylation is 1. The average molecular weight is 418 g/mol. The molecule has 0 heterocycles. The lowest BCUT2D eigenvalue weighted by molar-refractivity contribution is -0.128. The molecule has 0 aromatic heterocycles. The second kappa shape index (κ2) is 11.3. The van der Waals surface area contributed by atoms with Crippen LogP contribution in [0.15, 0.2) is 29.3 Å². The molecule has 0 aliphatic carbocycles. The Hall–Kier alpha value is -1.31. The van der Waals surface area contributed by atoms with Gasteiger partial charge in [0.25, 0.3) is 0 Å². The Morgan fingerprint density at radius 3 is 2.50 bits per heavy atom. The van der Waals surface area contributed by atoms with Crippen molar-refractivity contribution < 1.29 is 4.79 Å². The van der Waals surface area contributed by atoms with Crippen LogP contribution in [0.2, 0.25) is 0 Å². The Kier molecular flexibility index (Phi) is 10.6. The molecule has 1 rings (SSSR count). The van der Waals surface area contributed by atoms with Crippen LogP contribution in [0.4, 0.5) is 0 Å². The van der Waals surface area contributed by atoms with Crippen molar-refractivity contribution in [3.63, 3.8) is 0 Å². The van der Waals surface area contributed by atoms with Gasteiger partial charge >= 0.3 is 0 Å². The van der Waals surface area contributed by atoms with Gasteiger partial charge in [0.15, 0.2) is 5.96 Å². The summed E-state index contributed by atoms with van der Waals surface area (Å²) in [5.41, 5.74) is 2.44. The number of carbonyl (C=O) groups is 1. The molecular formula is C16H27IN4O. The van der Waals surface area contributed by atoms with Gasteiger partial charge in [-0.3, -0.25) is 4.79 Å². The first-order valence-corrected chi connectivity index (χ1v) is 7.31. The molecule has 1 aromatic rings. The minimum atomic E-state index is 0. The third-order valence-electron chi connectivity index (χ3n) is 3.14. The molecule has 6 heteroatoms. The van der Waals surface area contributed by atoms with Crippen molar-refractivity contribution in [2.75, 3.05) is 27.2 Å². The van der Waals surface area contributed by atoms with Crippen LogP contribution >= 0.6 is 24.0 Å². The molecule has 0 fully saturated rings. The molecule has 0 unspecified atom stereocenters. The largest absolute Gasteiger partial charge is 0.357 e. The number of halogens is 1. The molecule has 0 saturated heterocycles. The summed E-state index contributed by atoms with van der Waals surface area (Å²) in [4.78, 5) is 17.7. The Morgan fingerprint density at radius 1 is 1.23 bits per heavy atom. The Morgan fingerprint density at radius 2 is 1.91 bits per heavy atom. The maximum Gasteiger partial charge on any atom is 0.223 e. The molecule has 2 N–H and O–H groups in total. The molecule has 0 atom stereocenters. The molecule has 22 heavy (non-hydrogen) atoms. The molecular weight excluding hydrogens is 391 g/mol. The summed E-state index contributed by atoms with van der Waals surface area (Å²) in [6.07, 6.45) is 0.460. The monoisotopic (exact) mass is 418 g/mol. The van der Waals surface area contributed by atoms with Gasteiger partial charge in [-0.1, -0.05) is 24.3 Å². The fraction of sp³-hybridized carbons (Fsp3) is 0.500. The van der Waals surface area contributed by atoms with Gasteiger partial charge in [0.1, 0.15) is 0 Å². The van der Waals surface area contributed by atoms with Crippen molar-refractivity contribution in [2.24, 2.45) is 4.99 Å². The number of nitrogens with zero attached hydrogens (tertiary/aromatic N) is 2. The number of benzene rings is 1. The molecule has 5 nitrogen and oxygen atoms in total. The molecule has 1 aromatic carbocycles. The van der Waals surface area contributed by atoms with E-state index in [9.17, 15) is 4.79 Å². The zero-order valence-corrected chi connectivity index (χ0v) is 16.2. The van der Waals surface area contributed by atoms with E-state index < -0.39 is 0 Å². The summed E-state index contributed by atoms with van der Waals surface area (Å²) in [7, 11) is 3.53. The van der Waals surface area contributed by atoms with Gasteiger partial charge in [-0.25, -0.2) is 4.99 Å². The van der Waals surface area contributed by atoms with Crippen LogP contribution in [-0.2, 0) is 11.3 Å². The summed E-state index contributed by atoms with van der Waals surface area (Å²) < 4.78 is 0. The number of aliphatic imine (C=N–C) groups is 1. The highest BCUT2D eigenvalue weighted by molar-refractivity contribution is 14.0. The molecule has 0 aliphatic rings. The number of guanidine groups is 1. The molecule has 0 bridgehead atoms. The quantitative estimate of drug-likeness (QED) is 0.423. The van der Waals surface area contributed by atoms with Crippen molar-refractivity contribution in [1.82, 2.24) is 15.5 Å². The number of rotatable bonds is 6. The van der Waals surface area contributed by atoms with E-state index in [1.165, 1.54) is 11.1 Å². The first-order chi connectivity index (χ1) is 10.0. The minimum absolute atomic E-state index is 0. The van der Waals surface area contributed by atoms with E-state index in [-0.39, 0.29) is 29.9 Å². The van der Waals surface area contributed by atoms with Crippen molar-refractivity contribution in [3.05, 3.63) is 35.4 Å². The van der Waals surface area contributed by atoms with E-state index in [2.05, 4.69) is 34.7 Å². The van der Waals surface area contributed by atoms with Crippen LogP contribution in [0.5, 0.6) is 0 Å². The third kappa shape index (κ3) is 7.63. The topological polar surface area (TPSA) is 56.7 Å². The Bertz CT molecular complexity index is 489. The molecule has 124 valence electrons. The molecule has 0 aliphatic heterocycles. The smallest absolute Gasteiger partial charge is 0.223 e. The zero-order chi connectivity index (χ0) is 15.7. The number of nitrogens with one attached hydrogen (secondary N) is 2. The van der Waals surface area contributed by atoms with Gasteiger partial charge in [-0.15, -0.1) is 24.0 Å². The van der Waals surface area contributed by atoms with Crippen molar-refractivity contribution >= 4 is 35.8 Å². The van der Waals surface area contributed by atoms with Gasteiger partial charge < -0.3 is 15.5 Å². The van der Waals surface area contributed by atoms with E-state index >= 15 is 0 Å². The highest BCUT2D eigenvalue weighted by Crippen LogP contribution is 2.07. The molecule has 0 spiro atoms. The summed E-state index contributed by atoms with van der Waals surface area (Å²) in [5, 5.41) is 6.38. The molecule has 0 saturated carbocycles. The van der Waals surface area contributed by atoms with Crippen molar-refractivity contribution in [3.8, 4) is 0 Å². The van der Waals surface area contributed by atoms with Crippen LogP contribution < -0.4 is 10.6 Å². The highest BCUT2D eigenvalue weighted by atomic mass is 127. The normalized spacial score (nSPS) is 10.6. The van der Waals surface area contributed by atoms with Gasteiger partial charge in [-0.05, 0) is 25.0 Å². The summed E-state index contributed by atoms with van der Waals surface area (Å²) in [6, 6.07) is 8.21. The highest BCUT2D eigenvalue weighted by Gasteiger charge is 2.04. The summed E-state index contributed by atoms with van der Waals surface area (Å²) in [6.45, 7) is 6.11. The number of amides is 1. The van der Waals surface area contributed by atoms with Crippen molar-refractivity contribution in [2.45, 2.75) is 26.8 Å². The van der Waals surface area contributed by atoms with Crippen LogP contribution in [0.3, 0.4) is 0 Å². The van der Waals surface area contributed by atoms with E-state index in [0.717, 1.165) is 12.5 Å². The Balaban J connectivity index is 0.00000441. The van der Waals surface area contributed by atoms with Crippen LogP contribution in [0.1, 0.15) is 24.5 Å². The second-order valence-electron chi connectivity index (χ2n) is 5.09. The summed E-state index contributed by atoms with van der Waals surface area (Å²) in [5.74, 6) is 0.851. The van der Waals surface area contributed by atoms with Gasteiger partial charge in [0, 0.05) is 33.6 Å².